The Morgan fingerprint density at radius 2 is 2.20 bits per heavy atom. The lowest BCUT2D eigenvalue weighted by atomic mass is 10.1. The molecule has 1 unspecified atom stereocenters. The highest BCUT2D eigenvalue weighted by molar-refractivity contribution is 5.84. The Kier molecular flexibility index (Phi) is 3.74. The highest BCUT2D eigenvalue weighted by Gasteiger charge is 2.20. The molecule has 3 rings (SSSR count). The van der Waals surface area contributed by atoms with Crippen LogP contribution in [-0.4, -0.2) is 23.1 Å². The molecule has 0 spiro atoms. The summed E-state index contributed by atoms with van der Waals surface area (Å²) in [6, 6.07) is 8.32. The normalized spacial score (nSPS) is 19.9. The van der Waals surface area contributed by atoms with Gasteiger partial charge in [-0.3, -0.25) is 4.79 Å². The van der Waals surface area contributed by atoms with E-state index in [1.807, 2.05) is 0 Å². The summed E-state index contributed by atoms with van der Waals surface area (Å²) in [5.41, 5.74) is 2.48. The molecule has 0 radical (unpaired) electrons. The maximum absolute atomic E-state index is 11.9. The molecule has 1 aromatic carbocycles. The number of nitrogens with one attached hydrogen (secondary N) is 2. The molecule has 1 atom stereocenters. The van der Waals surface area contributed by atoms with E-state index in [1.54, 1.807) is 0 Å². The number of fused-ring (bicyclic) bond motifs is 1. The summed E-state index contributed by atoms with van der Waals surface area (Å²) < 4.78 is 2.14. The number of carbonyl (C=O) groups excluding carboxylic acids is 1. The molecular formula is C16H21N3O. The first-order valence-corrected chi connectivity index (χ1v) is 7.30. The third kappa shape index (κ3) is 2.56. The maximum atomic E-state index is 11.9. The first kappa shape index (κ1) is 13.2. The number of aryl methyl sites for hydroxylation is 1. The van der Waals surface area contributed by atoms with E-state index in [-0.39, 0.29) is 11.9 Å². The van der Waals surface area contributed by atoms with E-state index in [0.29, 0.717) is 0 Å². The van der Waals surface area contributed by atoms with Gasteiger partial charge in [-0.15, -0.1) is 0 Å². The number of nitrogens with zero attached hydrogens (tertiary/aromatic N) is 1. The lowest BCUT2D eigenvalue weighted by Crippen LogP contribution is -2.42. The minimum atomic E-state index is -0.0588. The zero-order chi connectivity index (χ0) is 13.9. The van der Waals surface area contributed by atoms with E-state index >= 15 is 0 Å². The van der Waals surface area contributed by atoms with Gasteiger partial charge in [0.05, 0.1) is 6.04 Å². The van der Waals surface area contributed by atoms with E-state index in [9.17, 15) is 4.79 Å². The quantitative estimate of drug-likeness (QED) is 0.896. The van der Waals surface area contributed by atoms with Crippen molar-refractivity contribution < 1.29 is 4.79 Å². The minimum absolute atomic E-state index is 0.0588. The fraction of sp³-hybridized carbons (Fsp3) is 0.438. The van der Waals surface area contributed by atoms with Gasteiger partial charge in [-0.05, 0) is 30.9 Å². The monoisotopic (exact) mass is 271 g/mol. The molecule has 2 aromatic rings. The van der Waals surface area contributed by atoms with Crippen LogP contribution in [0.25, 0.3) is 10.9 Å². The van der Waals surface area contributed by atoms with Crippen molar-refractivity contribution in [3.8, 4) is 0 Å². The third-order valence-electron chi connectivity index (χ3n) is 4.05. The van der Waals surface area contributed by atoms with Crippen molar-refractivity contribution in [1.82, 2.24) is 15.2 Å². The summed E-state index contributed by atoms with van der Waals surface area (Å²) in [5.74, 6) is 0.141. The highest BCUT2D eigenvalue weighted by atomic mass is 16.2. The van der Waals surface area contributed by atoms with Gasteiger partial charge in [0.1, 0.15) is 0 Å². The van der Waals surface area contributed by atoms with Crippen molar-refractivity contribution in [2.45, 2.75) is 31.8 Å². The van der Waals surface area contributed by atoms with Crippen LogP contribution in [0.5, 0.6) is 0 Å². The van der Waals surface area contributed by atoms with Crippen LogP contribution in [-0.2, 0) is 18.4 Å². The molecule has 1 amide bonds. The molecule has 1 aliphatic heterocycles. The van der Waals surface area contributed by atoms with Gasteiger partial charge in [-0.25, -0.2) is 0 Å². The van der Waals surface area contributed by atoms with Gasteiger partial charge < -0.3 is 15.2 Å². The van der Waals surface area contributed by atoms with Gasteiger partial charge in [0.2, 0.25) is 5.91 Å². The predicted molar refractivity (Wildman–Crippen MR) is 80.4 cm³/mol. The third-order valence-corrected chi connectivity index (χ3v) is 4.05. The number of para-hydroxylation sites is 1. The molecule has 0 aliphatic carbocycles. The number of aromatic nitrogens is 1. The number of rotatable bonds is 3. The molecule has 1 saturated heterocycles. The molecule has 0 saturated carbocycles. The zero-order valence-corrected chi connectivity index (χ0v) is 11.9. The Hall–Kier alpha value is -1.81. The minimum Gasteiger partial charge on any atom is -0.355 e. The summed E-state index contributed by atoms with van der Waals surface area (Å²) in [4.78, 5) is 11.9. The second kappa shape index (κ2) is 5.67. The number of carbonyl (C=O) groups is 1. The molecule has 1 fully saturated rings. The number of hydrogen-bond acceptors (Lipinski definition) is 2. The first-order chi connectivity index (χ1) is 9.75. The van der Waals surface area contributed by atoms with Gasteiger partial charge >= 0.3 is 0 Å². The van der Waals surface area contributed by atoms with Crippen LogP contribution in [0.2, 0.25) is 0 Å². The molecule has 1 aromatic heterocycles. The van der Waals surface area contributed by atoms with Crippen molar-refractivity contribution in [3.63, 3.8) is 0 Å². The SMILES string of the molecule is Cn1cc(CNC2CCCCNC2=O)c2ccccc21. The first-order valence-electron chi connectivity index (χ1n) is 7.30. The van der Waals surface area contributed by atoms with Crippen molar-refractivity contribution in [3.05, 3.63) is 36.0 Å². The molecule has 4 heteroatoms. The van der Waals surface area contributed by atoms with E-state index in [1.165, 1.54) is 16.5 Å². The van der Waals surface area contributed by atoms with Crippen molar-refractivity contribution in [1.29, 1.82) is 0 Å². The van der Waals surface area contributed by atoms with Crippen molar-refractivity contribution in [2.24, 2.45) is 7.05 Å². The van der Waals surface area contributed by atoms with Crippen LogP contribution in [0.15, 0.2) is 30.5 Å². The molecule has 2 N–H and O–H groups in total. The number of hydrogen-bond donors (Lipinski definition) is 2. The summed E-state index contributed by atoms with van der Waals surface area (Å²) in [7, 11) is 2.06. The van der Waals surface area contributed by atoms with Gasteiger partial charge in [0.15, 0.2) is 0 Å². The topological polar surface area (TPSA) is 46.1 Å². The van der Waals surface area contributed by atoms with Crippen LogP contribution in [0.3, 0.4) is 0 Å². The molecular weight excluding hydrogens is 250 g/mol. The largest absolute Gasteiger partial charge is 0.355 e. The lowest BCUT2D eigenvalue weighted by Gasteiger charge is -2.14. The molecule has 2 heterocycles. The number of amides is 1. The zero-order valence-electron chi connectivity index (χ0n) is 11.9. The molecule has 0 bridgehead atoms. The summed E-state index contributed by atoms with van der Waals surface area (Å²) in [6.45, 7) is 1.55. The fourth-order valence-corrected chi connectivity index (χ4v) is 2.93. The molecule has 4 nitrogen and oxygen atoms in total. The smallest absolute Gasteiger partial charge is 0.237 e. The van der Waals surface area contributed by atoms with E-state index in [2.05, 4.69) is 52.7 Å². The molecule has 106 valence electrons. The van der Waals surface area contributed by atoms with Crippen molar-refractivity contribution in [2.75, 3.05) is 6.54 Å². The van der Waals surface area contributed by atoms with Gasteiger partial charge in [0, 0.05) is 37.2 Å². The Morgan fingerprint density at radius 1 is 1.35 bits per heavy atom. The van der Waals surface area contributed by atoms with Gasteiger partial charge in [0.25, 0.3) is 0 Å². The Labute approximate surface area is 119 Å². The maximum Gasteiger partial charge on any atom is 0.237 e. The second-order valence-corrected chi connectivity index (χ2v) is 5.50. The van der Waals surface area contributed by atoms with Crippen LogP contribution >= 0.6 is 0 Å². The summed E-state index contributed by atoms with van der Waals surface area (Å²) in [6.07, 6.45) is 5.26. The van der Waals surface area contributed by atoms with Crippen LogP contribution in [0.4, 0.5) is 0 Å². The molecule has 1 aliphatic rings. The van der Waals surface area contributed by atoms with Crippen LogP contribution in [0, 0.1) is 0 Å². The second-order valence-electron chi connectivity index (χ2n) is 5.50. The van der Waals surface area contributed by atoms with Gasteiger partial charge in [-0.1, -0.05) is 18.2 Å². The van der Waals surface area contributed by atoms with Gasteiger partial charge in [-0.2, -0.15) is 0 Å². The van der Waals surface area contributed by atoms with Crippen LogP contribution < -0.4 is 10.6 Å². The van der Waals surface area contributed by atoms with E-state index in [4.69, 9.17) is 0 Å². The summed E-state index contributed by atoms with van der Waals surface area (Å²) >= 11 is 0. The lowest BCUT2D eigenvalue weighted by molar-refractivity contribution is -0.122. The fourth-order valence-electron chi connectivity index (χ4n) is 2.93. The Balaban J connectivity index is 1.75. The van der Waals surface area contributed by atoms with Crippen LogP contribution in [0.1, 0.15) is 24.8 Å². The summed E-state index contributed by atoms with van der Waals surface area (Å²) in [5, 5.41) is 7.64. The Morgan fingerprint density at radius 3 is 3.10 bits per heavy atom. The average molecular weight is 271 g/mol. The van der Waals surface area contributed by atoms with E-state index < -0.39 is 0 Å². The predicted octanol–water partition coefficient (Wildman–Crippen LogP) is 1.94. The highest BCUT2D eigenvalue weighted by Crippen LogP contribution is 2.20. The average Bonchev–Trinajstić information content (AvgIpc) is 2.64. The molecule has 20 heavy (non-hydrogen) atoms. The standard InChI is InChI=1S/C16H21N3O/c1-19-11-12(13-6-2-3-8-15(13)19)10-18-14-7-4-5-9-17-16(14)20/h2-3,6,8,11,14,18H,4-5,7,9-10H2,1H3,(H,17,20). The Bertz CT molecular complexity index is 617. The van der Waals surface area contributed by atoms with E-state index in [0.717, 1.165) is 32.4 Å². The van der Waals surface area contributed by atoms with Crippen molar-refractivity contribution >= 4 is 16.8 Å². The number of benzene rings is 1.